The van der Waals surface area contributed by atoms with Gasteiger partial charge in [0.2, 0.25) is 10.0 Å². The first-order valence-electron chi connectivity index (χ1n) is 6.89. The van der Waals surface area contributed by atoms with Crippen LogP contribution in [0.1, 0.15) is 25.3 Å². The van der Waals surface area contributed by atoms with Crippen LogP contribution in [0.2, 0.25) is 0 Å². The van der Waals surface area contributed by atoms with Crippen molar-refractivity contribution in [3.63, 3.8) is 0 Å². The van der Waals surface area contributed by atoms with Crippen molar-refractivity contribution in [3.8, 4) is 0 Å². The van der Waals surface area contributed by atoms with Gasteiger partial charge in [-0.25, -0.2) is 17.5 Å². The number of benzene rings is 1. The summed E-state index contributed by atoms with van der Waals surface area (Å²) in [6, 6.07) is 3.90. The van der Waals surface area contributed by atoms with Gasteiger partial charge in [-0.05, 0) is 63.4 Å². The van der Waals surface area contributed by atoms with Crippen molar-refractivity contribution < 1.29 is 12.8 Å². The largest absolute Gasteiger partial charge is 0.316 e. The third kappa shape index (κ3) is 4.64. The molecule has 1 aromatic rings. The van der Waals surface area contributed by atoms with Crippen LogP contribution in [0.15, 0.2) is 23.1 Å². The third-order valence-corrected chi connectivity index (χ3v) is 5.33. The van der Waals surface area contributed by atoms with Gasteiger partial charge in [0.05, 0.1) is 0 Å². The molecule has 0 aromatic heterocycles. The molecule has 0 radical (unpaired) electrons. The molecule has 1 fully saturated rings. The Kier molecular flexibility index (Phi) is 6.59. The van der Waals surface area contributed by atoms with Gasteiger partial charge in [0, 0.05) is 6.04 Å². The lowest BCUT2D eigenvalue weighted by molar-refractivity contribution is 0.320. The molecule has 1 aliphatic heterocycles. The second-order valence-corrected chi connectivity index (χ2v) is 7.13. The van der Waals surface area contributed by atoms with Crippen molar-refractivity contribution in [2.45, 2.75) is 37.6 Å². The van der Waals surface area contributed by atoms with E-state index in [-0.39, 0.29) is 29.3 Å². The van der Waals surface area contributed by atoms with Crippen LogP contribution in [-0.4, -0.2) is 27.5 Å². The Bertz CT molecular complexity index is 574. The molecule has 0 amide bonds. The minimum atomic E-state index is -3.81. The zero-order valence-electron chi connectivity index (χ0n) is 12.2. The van der Waals surface area contributed by atoms with Gasteiger partial charge in [0.15, 0.2) is 0 Å². The molecule has 0 bridgehead atoms. The number of halogens is 2. The van der Waals surface area contributed by atoms with Gasteiger partial charge >= 0.3 is 0 Å². The number of aryl methyl sites for hydroxylation is 1. The maximum Gasteiger partial charge on any atom is 0.243 e. The van der Waals surface area contributed by atoms with E-state index in [9.17, 15) is 12.8 Å². The van der Waals surface area contributed by atoms with E-state index in [1.54, 1.807) is 13.0 Å². The molecule has 0 spiro atoms. The number of hydrogen-bond donors (Lipinski definition) is 2. The topological polar surface area (TPSA) is 58.2 Å². The molecule has 21 heavy (non-hydrogen) atoms. The molecule has 1 aliphatic rings. The molecule has 2 unspecified atom stereocenters. The van der Waals surface area contributed by atoms with Crippen molar-refractivity contribution in [3.05, 3.63) is 29.6 Å². The molecule has 0 saturated carbocycles. The number of rotatable bonds is 4. The fourth-order valence-corrected chi connectivity index (χ4v) is 4.00. The minimum Gasteiger partial charge on any atom is -0.316 e. The molecule has 2 N–H and O–H groups in total. The van der Waals surface area contributed by atoms with Gasteiger partial charge < -0.3 is 5.32 Å². The lowest BCUT2D eigenvalue weighted by Crippen LogP contribution is -2.44. The highest BCUT2D eigenvalue weighted by Crippen LogP contribution is 2.19. The predicted molar refractivity (Wildman–Crippen MR) is 83.8 cm³/mol. The summed E-state index contributed by atoms with van der Waals surface area (Å²) in [5, 5.41) is 3.25. The zero-order chi connectivity index (χ0) is 14.8. The highest BCUT2D eigenvalue weighted by molar-refractivity contribution is 7.89. The predicted octanol–water partition coefficient (Wildman–Crippen LogP) is 2.22. The Balaban J connectivity index is 0.00000220. The highest BCUT2D eigenvalue weighted by atomic mass is 35.5. The van der Waals surface area contributed by atoms with Crippen LogP contribution in [0.25, 0.3) is 0 Å². The fraction of sp³-hybridized carbons (Fsp3) is 0.571. The van der Waals surface area contributed by atoms with Gasteiger partial charge in [-0.1, -0.05) is 6.07 Å². The number of sulfonamides is 1. The van der Waals surface area contributed by atoms with Crippen molar-refractivity contribution in [2.24, 2.45) is 5.92 Å². The van der Waals surface area contributed by atoms with Crippen LogP contribution in [0.3, 0.4) is 0 Å². The normalized spacial score (nSPS) is 20.6. The van der Waals surface area contributed by atoms with Crippen molar-refractivity contribution in [1.29, 1.82) is 0 Å². The number of piperidine rings is 1. The Hall–Kier alpha value is -0.690. The van der Waals surface area contributed by atoms with Crippen LogP contribution < -0.4 is 10.0 Å². The van der Waals surface area contributed by atoms with Crippen molar-refractivity contribution >= 4 is 22.4 Å². The van der Waals surface area contributed by atoms with Crippen molar-refractivity contribution in [1.82, 2.24) is 10.0 Å². The first kappa shape index (κ1) is 18.4. The van der Waals surface area contributed by atoms with Crippen LogP contribution in [0, 0.1) is 18.7 Å². The van der Waals surface area contributed by atoms with E-state index in [1.165, 1.54) is 12.1 Å². The summed E-state index contributed by atoms with van der Waals surface area (Å²) in [5.41, 5.74) is 0.721. The SMILES string of the molecule is Cc1ccc(F)c(S(=O)(=O)NC(C)C2CCCNC2)c1.Cl. The Morgan fingerprint density at radius 2 is 2.14 bits per heavy atom. The zero-order valence-corrected chi connectivity index (χ0v) is 13.9. The molecule has 1 saturated heterocycles. The van der Waals surface area contributed by atoms with Crippen LogP contribution in [-0.2, 0) is 10.0 Å². The first-order chi connectivity index (χ1) is 9.40. The van der Waals surface area contributed by atoms with Crippen LogP contribution in [0.4, 0.5) is 4.39 Å². The van der Waals surface area contributed by atoms with E-state index in [0.29, 0.717) is 0 Å². The average molecular weight is 337 g/mol. The molecule has 120 valence electrons. The average Bonchev–Trinajstić information content (AvgIpc) is 2.42. The van der Waals surface area contributed by atoms with E-state index in [2.05, 4.69) is 10.0 Å². The van der Waals surface area contributed by atoms with Gasteiger partial charge in [-0.2, -0.15) is 0 Å². The number of hydrogen-bond acceptors (Lipinski definition) is 3. The Labute approximate surface area is 132 Å². The molecule has 0 aliphatic carbocycles. The molecular weight excluding hydrogens is 315 g/mol. The molecule has 2 rings (SSSR count). The molecule has 4 nitrogen and oxygen atoms in total. The maximum atomic E-state index is 13.7. The maximum absolute atomic E-state index is 13.7. The summed E-state index contributed by atoms with van der Waals surface area (Å²) in [4.78, 5) is -0.270. The van der Waals surface area contributed by atoms with Crippen molar-refractivity contribution in [2.75, 3.05) is 13.1 Å². The minimum absolute atomic E-state index is 0. The molecular formula is C14H22ClFN2O2S. The summed E-state index contributed by atoms with van der Waals surface area (Å²) in [7, 11) is -3.81. The smallest absolute Gasteiger partial charge is 0.243 e. The van der Waals surface area contributed by atoms with E-state index in [4.69, 9.17) is 0 Å². The first-order valence-corrected chi connectivity index (χ1v) is 8.37. The molecule has 7 heteroatoms. The third-order valence-electron chi connectivity index (χ3n) is 3.76. The van der Waals surface area contributed by atoms with E-state index in [1.807, 2.05) is 6.92 Å². The van der Waals surface area contributed by atoms with Gasteiger partial charge in [-0.15, -0.1) is 12.4 Å². The van der Waals surface area contributed by atoms with Gasteiger partial charge in [-0.3, -0.25) is 0 Å². The molecule has 1 aromatic carbocycles. The second kappa shape index (κ2) is 7.54. The standard InChI is InChI=1S/C14H21FN2O2S.ClH/c1-10-5-6-13(15)14(8-10)20(18,19)17-11(2)12-4-3-7-16-9-12;/h5-6,8,11-12,16-17H,3-4,7,9H2,1-2H3;1H. The quantitative estimate of drug-likeness (QED) is 0.886. The summed E-state index contributed by atoms with van der Waals surface area (Å²) in [5.74, 6) is -0.469. The van der Waals surface area contributed by atoms with Gasteiger partial charge in [0.1, 0.15) is 10.7 Å². The monoisotopic (exact) mass is 336 g/mol. The van der Waals surface area contributed by atoms with Crippen LogP contribution in [0.5, 0.6) is 0 Å². The van der Waals surface area contributed by atoms with E-state index < -0.39 is 15.8 Å². The lowest BCUT2D eigenvalue weighted by atomic mass is 9.94. The highest BCUT2D eigenvalue weighted by Gasteiger charge is 2.26. The van der Waals surface area contributed by atoms with Crippen LogP contribution >= 0.6 is 12.4 Å². The summed E-state index contributed by atoms with van der Waals surface area (Å²) in [6.45, 7) is 5.35. The molecule has 1 heterocycles. The summed E-state index contributed by atoms with van der Waals surface area (Å²) >= 11 is 0. The number of nitrogens with one attached hydrogen (secondary N) is 2. The Morgan fingerprint density at radius 1 is 1.43 bits per heavy atom. The second-order valence-electron chi connectivity index (χ2n) is 5.45. The summed E-state index contributed by atoms with van der Waals surface area (Å²) in [6.07, 6.45) is 2.02. The van der Waals surface area contributed by atoms with E-state index >= 15 is 0 Å². The van der Waals surface area contributed by atoms with Gasteiger partial charge in [0.25, 0.3) is 0 Å². The molecule has 2 atom stereocenters. The van der Waals surface area contributed by atoms with E-state index in [0.717, 1.165) is 31.5 Å². The lowest BCUT2D eigenvalue weighted by Gasteiger charge is -2.28. The fourth-order valence-electron chi connectivity index (χ4n) is 2.53. The Morgan fingerprint density at radius 3 is 2.76 bits per heavy atom. The summed E-state index contributed by atoms with van der Waals surface area (Å²) < 4.78 is 40.9.